The topological polar surface area (TPSA) is 59.9 Å². The van der Waals surface area contributed by atoms with Crippen molar-refractivity contribution in [2.75, 3.05) is 7.11 Å². The maximum atomic E-state index is 12.2. The Bertz CT molecular complexity index is 1220. The van der Waals surface area contributed by atoms with E-state index in [1.807, 2.05) is 49.5 Å². The second kappa shape index (κ2) is 6.19. The number of para-hydroxylation sites is 1. The van der Waals surface area contributed by atoms with Crippen LogP contribution >= 0.6 is 0 Å². The number of nitrogens with one attached hydrogen (secondary N) is 1. The molecule has 2 heterocycles. The second-order valence-electron chi connectivity index (χ2n) is 6.24. The summed E-state index contributed by atoms with van der Waals surface area (Å²) < 4.78 is 7.50. The lowest BCUT2D eigenvalue weighted by molar-refractivity contribution is 0.415. The number of rotatable bonds is 3. The van der Waals surface area contributed by atoms with Crippen LogP contribution in [0.5, 0.6) is 5.75 Å². The summed E-state index contributed by atoms with van der Waals surface area (Å²) in [6, 6.07) is 13.4. The third-order valence-electron chi connectivity index (χ3n) is 4.79. The van der Waals surface area contributed by atoms with E-state index in [4.69, 9.17) is 4.74 Å². The van der Waals surface area contributed by atoms with Crippen molar-refractivity contribution in [2.45, 2.75) is 6.92 Å². The van der Waals surface area contributed by atoms with Gasteiger partial charge in [0.05, 0.1) is 18.0 Å². The van der Waals surface area contributed by atoms with Crippen molar-refractivity contribution in [3.8, 4) is 5.75 Å². The number of nitrogens with zero attached hydrogens (tertiary/aromatic N) is 2. The van der Waals surface area contributed by atoms with Crippen molar-refractivity contribution >= 4 is 34.0 Å². The number of benzene rings is 2. The number of hydrogen-bond donors (Lipinski definition) is 1. The third-order valence-corrected chi connectivity index (χ3v) is 4.79. The highest BCUT2D eigenvalue weighted by molar-refractivity contribution is 5.94. The third kappa shape index (κ3) is 2.58. The predicted octanol–water partition coefficient (Wildman–Crippen LogP) is 3.90. The highest BCUT2D eigenvalue weighted by atomic mass is 16.5. The van der Waals surface area contributed by atoms with Gasteiger partial charge >= 0.3 is 0 Å². The smallest absolute Gasteiger partial charge is 0.259 e. The van der Waals surface area contributed by atoms with E-state index in [1.165, 1.54) is 0 Å². The molecule has 0 aliphatic heterocycles. The first-order valence-electron chi connectivity index (χ1n) is 8.38. The molecular weight excluding hydrogens is 326 g/mol. The average molecular weight is 345 g/mol. The lowest BCUT2D eigenvalue weighted by Crippen LogP contribution is -2.09. The number of aromatic nitrogens is 3. The molecule has 0 spiro atoms. The zero-order chi connectivity index (χ0) is 18.3. The normalized spacial score (nSPS) is 11.7. The molecule has 0 aliphatic rings. The molecule has 5 nitrogen and oxygen atoms in total. The highest BCUT2D eigenvalue weighted by Crippen LogP contribution is 2.29. The minimum atomic E-state index is -0.133. The van der Waals surface area contributed by atoms with Gasteiger partial charge in [0.25, 0.3) is 5.56 Å². The van der Waals surface area contributed by atoms with Crippen LogP contribution in [-0.4, -0.2) is 21.6 Å². The van der Waals surface area contributed by atoms with E-state index >= 15 is 0 Å². The first-order valence-corrected chi connectivity index (χ1v) is 8.38. The van der Waals surface area contributed by atoms with Crippen molar-refractivity contribution in [1.82, 2.24) is 14.5 Å². The number of aryl methyl sites for hydroxylation is 1. The monoisotopic (exact) mass is 345 g/mol. The Hall–Kier alpha value is -3.34. The van der Waals surface area contributed by atoms with Gasteiger partial charge < -0.3 is 14.3 Å². The molecule has 130 valence electrons. The van der Waals surface area contributed by atoms with Gasteiger partial charge in [-0.3, -0.25) is 4.79 Å². The molecule has 0 saturated heterocycles. The Morgan fingerprint density at radius 1 is 1.12 bits per heavy atom. The molecule has 1 N–H and O–H groups in total. The van der Waals surface area contributed by atoms with E-state index in [0.717, 1.165) is 27.9 Å². The van der Waals surface area contributed by atoms with Crippen LogP contribution in [0.15, 0.2) is 47.3 Å². The van der Waals surface area contributed by atoms with E-state index in [0.29, 0.717) is 16.7 Å². The van der Waals surface area contributed by atoms with Crippen molar-refractivity contribution in [2.24, 2.45) is 7.05 Å². The van der Waals surface area contributed by atoms with Crippen molar-refractivity contribution < 1.29 is 4.74 Å². The largest absolute Gasteiger partial charge is 0.497 e. The van der Waals surface area contributed by atoms with Gasteiger partial charge in [0.2, 0.25) is 0 Å². The zero-order valence-electron chi connectivity index (χ0n) is 14.9. The molecule has 26 heavy (non-hydrogen) atoms. The van der Waals surface area contributed by atoms with Crippen molar-refractivity contribution in [1.29, 1.82) is 0 Å². The van der Waals surface area contributed by atoms with Crippen LogP contribution in [0, 0.1) is 6.92 Å². The standard InChI is InChI=1S/C21H19N3O2/c1-13-15(17-12-14(26-3)8-10-19(17)24(13)2)9-11-20-22-18-7-5-4-6-16(18)21(25)23-20/h4-12H,1-3H3,(H,22,23,25)/b11-9+. The quantitative estimate of drug-likeness (QED) is 0.612. The van der Waals surface area contributed by atoms with Gasteiger partial charge in [-0.05, 0) is 49.4 Å². The SMILES string of the molecule is COc1ccc2c(c1)c(/C=C/c1nc3ccccc3c(=O)[nH]1)c(C)n2C. The molecule has 0 radical (unpaired) electrons. The molecule has 4 rings (SSSR count). The van der Waals surface area contributed by atoms with Crippen LogP contribution in [0.4, 0.5) is 0 Å². The molecule has 0 unspecified atom stereocenters. The fraction of sp³-hybridized carbons (Fsp3) is 0.143. The van der Waals surface area contributed by atoms with Crippen LogP contribution in [0.25, 0.3) is 34.0 Å². The summed E-state index contributed by atoms with van der Waals surface area (Å²) >= 11 is 0. The number of aromatic amines is 1. The molecule has 0 saturated carbocycles. The summed E-state index contributed by atoms with van der Waals surface area (Å²) in [6.07, 6.45) is 3.83. The van der Waals surface area contributed by atoms with Crippen LogP contribution in [-0.2, 0) is 7.05 Å². The van der Waals surface area contributed by atoms with Gasteiger partial charge in [0.15, 0.2) is 0 Å². The molecular formula is C21H19N3O2. The van der Waals surface area contributed by atoms with E-state index in [9.17, 15) is 4.79 Å². The number of fused-ring (bicyclic) bond motifs is 2. The zero-order valence-corrected chi connectivity index (χ0v) is 14.9. The van der Waals surface area contributed by atoms with Crippen molar-refractivity contribution in [3.05, 3.63) is 69.9 Å². The van der Waals surface area contributed by atoms with Gasteiger partial charge in [-0.15, -0.1) is 0 Å². The van der Waals surface area contributed by atoms with Crippen LogP contribution in [0.2, 0.25) is 0 Å². The Morgan fingerprint density at radius 2 is 1.92 bits per heavy atom. The molecule has 0 amide bonds. The van der Waals surface area contributed by atoms with Crippen molar-refractivity contribution in [3.63, 3.8) is 0 Å². The minimum Gasteiger partial charge on any atom is -0.497 e. The summed E-state index contributed by atoms with van der Waals surface area (Å²) in [6.45, 7) is 2.07. The Morgan fingerprint density at radius 3 is 2.73 bits per heavy atom. The number of methoxy groups -OCH3 is 1. The van der Waals surface area contributed by atoms with E-state index < -0.39 is 0 Å². The van der Waals surface area contributed by atoms with Crippen LogP contribution < -0.4 is 10.3 Å². The van der Waals surface area contributed by atoms with E-state index in [-0.39, 0.29) is 5.56 Å². The summed E-state index contributed by atoms with van der Waals surface area (Å²) in [5.41, 5.74) is 3.89. The Labute approximate surface area is 150 Å². The molecule has 0 atom stereocenters. The lowest BCUT2D eigenvalue weighted by atomic mass is 10.1. The summed E-state index contributed by atoms with van der Waals surface area (Å²) in [4.78, 5) is 19.6. The maximum absolute atomic E-state index is 12.2. The minimum absolute atomic E-state index is 0.133. The second-order valence-corrected chi connectivity index (χ2v) is 6.24. The number of hydrogen-bond acceptors (Lipinski definition) is 3. The lowest BCUT2D eigenvalue weighted by Gasteiger charge is -2.01. The number of ether oxygens (including phenoxy) is 1. The molecule has 0 fully saturated rings. The Balaban J connectivity index is 1.84. The van der Waals surface area contributed by atoms with Crippen LogP contribution in [0.1, 0.15) is 17.1 Å². The molecule has 2 aromatic heterocycles. The first-order chi connectivity index (χ1) is 12.6. The average Bonchev–Trinajstić information content (AvgIpc) is 2.90. The van der Waals surface area contributed by atoms with E-state index in [2.05, 4.69) is 27.5 Å². The summed E-state index contributed by atoms with van der Waals surface area (Å²) in [7, 11) is 3.70. The summed E-state index contributed by atoms with van der Waals surface area (Å²) in [5.74, 6) is 1.35. The fourth-order valence-corrected chi connectivity index (χ4v) is 3.26. The van der Waals surface area contributed by atoms with Gasteiger partial charge in [0.1, 0.15) is 11.6 Å². The highest BCUT2D eigenvalue weighted by Gasteiger charge is 2.11. The van der Waals surface area contributed by atoms with Gasteiger partial charge in [-0.2, -0.15) is 0 Å². The predicted molar refractivity (Wildman–Crippen MR) is 105 cm³/mol. The van der Waals surface area contributed by atoms with Crippen LogP contribution in [0.3, 0.4) is 0 Å². The fourth-order valence-electron chi connectivity index (χ4n) is 3.26. The van der Waals surface area contributed by atoms with Gasteiger partial charge in [-0.1, -0.05) is 12.1 Å². The van der Waals surface area contributed by atoms with Gasteiger partial charge in [-0.25, -0.2) is 4.98 Å². The first kappa shape index (κ1) is 16.1. The molecule has 2 aromatic carbocycles. The molecule has 4 aromatic rings. The summed E-state index contributed by atoms with van der Waals surface area (Å²) in [5, 5.41) is 1.69. The molecule has 5 heteroatoms. The van der Waals surface area contributed by atoms with E-state index in [1.54, 1.807) is 13.2 Å². The molecule has 0 bridgehead atoms. The number of H-pyrrole nitrogens is 1. The Kier molecular flexibility index (Phi) is 3.84. The molecule has 0 aliphatic carbocycles. The van der Waals surface area contributed by atoms with Gasteiger partial charge in [0, 0.05) is 29.2 Å². The maximum Gasteiger partial charge on any atom is 0.259 e.